The molecule has 1 saturated carbocycles. The Labute approximate surface area is 231 Å². The Kier molecular flexibility index (Phi) is 8.66. The normalized spacial score (nSPS) is 23.0. The number of amides is 1. The Morgan fingerprint density at radius 2 is 1.79 bits per heavy atom. The first-order valence-corrected chi connectivity index (χ1v) is 15.2. The zero-order valence-electron chi connectivity index (χ0n) is 22.9. The Hall–Kier alpha value is -2.97. The molecule has 0 aromatic heterocycles. The lowest BCUT2D eigenvalue weighted by atomic mass is 9.74. The van der Waals surface area contributed by atoms with Gasteiger partial charge >= 0.3 is 0 Å². The third-order valence-electron chi connectivity index (χ3n) is 7.28. The molecular weight excluding hydrogens is 516 g/mol. The summed E-state index contributed by atoms with van der Waals surface area (Å²) in [5.74, 6) is -0.140. The van der Waals surface area contributed by atoms with Crippen LogP contribution in [0.2, 0.25) is 0 Å². The summed E-state index contributed by atoms with van der Waals surface area (Å²) in [6.45, 7) is 5.61. The van der Waals surface area contributed by atoms with E-state index in [1.807, 2.05) is 51.1 Å². The number of anilines is 1. The highest BCUT2D eigenvalue weighted by Crippen LogP contribution is 2.41. The first-order chi connectivity index (χ1) is 18.3. The molecule has 3 atom stereocenters. The molecule has 3 aliphatic rings. The third kappa shape index (κ3) is 7.57. The molecule has 3 fully saturated rings. The molecule has 39 heavy (non-hydrogen) atoms. The van der Waals surface area contributed by atoms with E-state index in [-0.39, 0.29) is 17.9 Å². The second-order valence-electron chi connectivity index (χ2n) is 11.6. The molecule has 1 amide bonds. The number of hydrogen-bond donors (Lipinski definition) is 3. The summed E-state index contributed by atoms with van der Waals surface area (Å²) < 4.78 is 31.4. The predicted octanol–water partition coefficient (Wildman–Crippen LogP) is 3.61. The molecule has 2 aromatic rings. The van der Waals surface area contributed by atoms with Crippen LogP contribution in [0.1, 0.15) is 52.0 Å². The SMILES string of the molecule is CC(C)(C)OC(O)N1C2CCC(CC2)[C@H]1C(=O)N[C@H](C#N)Cc1ccc(-c2cccc(NS(C)(=O)=O)c2)cc1. The van der Waals surface area contributed by atoms with Gasteiger partial charge in [0.15, 0.2) is 0 Å². The van der Waals surface area contributed by atoms with Gasteiger partial charge in [0.05, 0.1) is 24.0 Å². The topological polar surface area (TPSA) is 132 Å². The number of nitrogens with one attached hydrogen (secondary N) is 2. The lowest BCUT2D eigenvalue weighted by Crippen LogP contribution is -2.65. The zero-order valence-corrected chi connectivity index (χ0v) is 23.7. The van der Waals surface area contributed by atoms with Crippen molar-refractivity contribution < 1.29 is 23.1 Å². The van der Waals surface area contributed by atoms with Gasteiger partial charge in [-0.2, -0.15) is 5.26 Å². The van der Waals surface area contributed by atoms with Crippen molar-refractivity contribution in [2.45, 2.75) is 83.0 Å². The zero-order chi connectivity index (χ0) is 28.4. The van der Waals surface area contributed by atoms with E-state index in [9.17, 15) is 23.6 Å². The van der Waals surface area contributed by atoms with E-state index in [0.717, 1.165) is 48.6 Å². The van der Waals surface area contributed by atoms with Crippen LogP contribution in [0.25, 0.3) is 11.1 Å². The minimum absolute atomic E-state index is 0.0716. The van der Waals surface area contributed by atoms with Crippen molar-refractivity contribution in [1.29, 1.82) is 5.26 Å². The molecule has 210 valence electrons. The van der Waals surface area contributed by atoms with Crippen molar-refractivity contribution in [3.05, 3.63) is 54.1 Å². The summed E-state index contributed by atoms with van der Waals surface area (Å²) in [6, 6.07) is 15.8. The summed E-state index contributed by atoms with van der Waals surface area (Å²) in [5, 5.41) is 23.7. The monoisotopic (exact) mass is 554 g/mol. The Morgan fingerprint density at radius 3 is 2.38 bits per heavy atom. The lowest BCUT2D eigenvalue weighted by Gasteiger charge is -2.52. The van der Waals surface area contributed by atoms with E-state index in [2.05, 4.69) is 16.1 Å². The number of aliphatic hydroxyl groups is 1. The number of hydrogen-bond acceptors (Lipinski definition) is 7. The van der Waals surface area contributed by atoms with Gasteiger partial charge in [0.1, 0.15) is 6.04 Å². The van der Waals surface area contributed by atoms with Crippen molar-refractivity contribution in [3.8, 4) is 17.2 Å². The quantitative estimate of drug-likeness (QED) is 0.404. The van der Waals surface area contributed by atoms with Crippen LogP contribution < -0.4 is 10.0 Å². The summed E-state index contributed by atoms with van der Waals surface area (Å²) in [5.41, 5.74) is 2.55. The fourth-order valence-corrected chi connectivity index (χ4v) is 6.22. The maximum absolute atomic E-state index is 13.5. The number of rotatable bonds is 9. The number of nitriles is 1. The molecule has 3 N–H and O–H groups in total. The number of carbonyl (C=O) groups is 1. The highest BCUT2D eigenvalue weighted by molar-refractivity contribution is 7.92. The molecule has 1 unspecified atom stereocenters. The van der Waals surface area contributed by atoms with Crippen LogP contribution in [-0.4, -0.2) is 60.7 Å². The maximum Gasteiger partial charge on any atom is 0.238 e. The summed E-state index contributed by atoms with van der Waals surface area (Å²) in [6.07, 6.45) is 3.92. The van der Waals surface area contributed by atoms with Gasteiger partial charge in [-0.15, -0.1) is 0 Å². The minimum atomic E-state index is -3.38. The smallest absolute Gasteiger partial charge is 0.238 e. The molecule has 2 heterocycles. The molecule has 2 aliphatic heterocycles. The number of carbonyl (C=O) groups excluding carboxylic acids is 1. The summed E-state index contributed by atoms with van der Waals surface area (Å²) >= 11 is 0. The molecule has 0 spiro atoms. The van der Waals surface area contributed by atoms with Crippen LogP contribution in [0.15, 0.2) is 48.5 Å². The molecule has 0 radical (unpaired) electrons. The molecule has 2 aromatic carbocycles. The average molecular weight is 555 g/mol. The maximum atomic E-state index is 13.5. The van der Waals surface area contributed by atoms with E-state index in [4.69, 9.17) is 4.74 Å². The lowest BCUT2D eigenvalue weighted by molar-refractivity contribution is -0.274. The van der Waals surface area contributed by atoms with Crippen molar-refractivity contribution >= 4 is 21.6 Å². The summed E-state index contributed by atoms with van der Waals surface area (Å²) in [7, 11) is -3.38. The van der Waals surface area contributed by atoms with Gasteiger partial charge in [0.25, 0.3) is 0 Å². The summed E-state index contributed by atoms with van der Waals surface area (Å²) in [4.78, 5) is 15.3. The van der Waals surface area contributed by atoms with Gasteiger partial charge in [-0.1, -0.05) is 36.4 Å². The van der Waals surface area contributed by atoms with Crippen LogP contribution in [0.4, 0.5) is 5.69 Å². The van der Waals surface area contributed by atoms with Gasteiger partial charge in [-0.05, 0) is 81.2 Å². The van der Waals surface area contributed by atoms with Crippen LogP contribution >= 0.6 is 0 Å². The largest absolute Gasteiger partial charge is 0.356 e. The van der Waals surface area contributed by atoms with Gasteiger partial charge in [-0.25, -0.2) is 13.3 Å². The number of ether oxygens (including phenoxy) is 1. The number of piperidine rings is 2. The van der Waals surface area contributed by atoms with Gasteiger partial charge in [0, 0.05) is 18.2 Å². The first-order valence-electron chi connectivity index (χ1n) is 13.3. The van der Waals surface area contributed by atoms with E-state index < -0.39 is 34.1 Å². The predicted molar refractivity (Wildman–Crippen MR) is 150 cm³/mol. The van der Waals surface area contributed by atoms with Gasteiger partial charge in [0.2, 0.25) is 22.3 Å². The fraction of sp³-hybridized carbons (Fsp3) is 0.517. The van der Waals surface area contributed by atoms with Crippen LogP contribution in [0.5, 0.6) is 0 Å². The van der Waals surface area contributed by atoms with E-state index >= 15 is 0 Å². The third-order valence-corrected chi connectivity index (χ3v) is 7.89. The molecule has 2 saturated heterocycles. The van der Waals surface area contributed by atoms with E-state index in [1.165, 1.54) is 0 Å². The number of aliphatic hydroxyl groups excluding tert-OH is 1. The second-order valence-corrected chi connectivity index (χ2v) is 13.3. The number of benzene rings is 2. The molecular formula is C29H38N4O5S. The van der Waals surface area contributed by atoms with E-state index in [1.54, 1.807) is 23.1 Å². The average Bonchev–Trinajstić information content (AvgIpc) is 2.87. The van der Waals surface area contributed by atoms with Crippen molar-refractivity contribution in [2.75, 3.05) is 11.0 Å². The molecule has 2 bridgehead atoms. The molecule has 5 rings (SSSR count). The second kappa shape index (κ2) is 11.6. The van der Waals surface area contributed by atoms with Crippen molar-refractivity contribution in [1.82, 2.24) is 10.2 Å². The molecule has 9 nitrogen and oxygen atoms in total. The van der Waals surface area contributed by atoms with Crippen molar-refractivity contribution in [3.63, 3.8) is 0 Å². The van der Waals surface area contributed by atoms with E-state index in [0.29, 0.717) is 12.1 Å². The first kappa shape index (κ1) is 29.0. The molecule has 1 aliphatic carbocycles. The standard InChI is InChI=1S/C29H38N4O5S/c1-29(2,3)38-28(35)33-25-14-12-21(13-15-25)26(33)27(34)31-24(18-30)16-19-8-10-20(11-9-19)22-6-5-7-23(17-22)32-39(4,36)37/h5-11,17,21,24-26,28,32,35H,12-16H2,1-4H3,(H,31,34)/t21?,24-,25?,26-,28?/m0/s1. The minimum Gasteiger partial charge on any atom is -0.356 e. The van der Waals surface area contributed by atoms with Gasteiger partial charge < -0.3 is 15.2 Å². The number of sulfonamides is 1. The van der Waals surface area contributed by atoms with Crippen molar-refractivity contribution in [2.24, 2.45) is 5.92 Å². The Morgan fingerprint density at radius 1 is 1.13 bits per heavy atom. The van der Waals surface area contributed by atoms with Gasteiger partial charge in [-0.3, -0.25) is 9.52 Å². The Bertz CT molecular complexity index is 1310. The van der Waals surface area contributed by atoms with Crippen LogP contribution in [0, 0.1) is 17.2 Å². The highest BCUT2D eigenvalue weighted by Gasteiger charge is 2.49. The van der Waals surface area contributed by atoms with Crippen LogP contribution in [0.3, 0.4) is 0 Å². The fourth-order valence-electron chi connectivity index (χ4n) is 5.66. The Balaban J connectivity index is 1.43. The number of nitrogens with zero attached hydrogens (tertiary/aromatic N) is 2. The van der Waals surface area contributed by atoms with Crippen LogP contribution in [-0.2, 0) is 26.0 Å². The molecule has 10 heteroatoms. The highest BCUT2D eigenvalue weighted by atomic mass is 32.2. The number of fused-ring (bicyclic) bond motifs is 3.